The largest absolute Gasteiger partial charge is 0.397 e. The second-order valence-corrected chi connectivity index (χ2v) is 3.41. The van der Waals surface area contributed by atoms with Gasteiger partial charge in [-0.25, -0.2) is 0 Å². The van der Waals surface area contributed by atoms with Gasteiger partial charge in [0.15, 0.2) is 0 Å². The van der Waals surface area contributed by atoms with Crippen LogP contribution in [-0.4, -0.2) is 26.3 Å². The average molecular weight is 193 g/mol. The zero-order valence-electron chi connectivity index (χ0n) is 8.07. The minimum Gasteiger partial charge on any atom is -0.397 e. The van der Waals surface area contributed by atoms with E-state index in [1.54, 1.807) is 0 Å². The second-order valence-electron chi connectivity index (χ2n) is 3.41. The van der Waals surface area contributed by atoms with Gasteiger partial charge in [-0.2, -0.15) is 0 Å². The van der Waals surface area contributed by atoms with Crippen LogP contribution >= 0.6 is 0 Å². The second kappa shape index (κ2) is 3.75. The number of anilines is 3. The van der Waals surface area contributed by atoms with Gasteiger partial charge in [0.2, 0.25) is 0 Å². The summed E-state index contributed by atoms with van der Waals surface area (Å²) in [5, 5.41) is 0. The molecule has 1 heterocycles. The third kappa shape index (κ3) is 1.75. The molecule has 0 aromatic heterocycles. The summed E-state index contributed by atoms with van der Waals surface area (Å²) in [4.78, 5) is 2.25. The lowest BCUT2D eigenvalue weighted by molar-refractivity contribution is 0.122. The molecule has 4 nitrogen and oxygen atoms in total. The van der Waals surface area contributed by atoms with Gasteiger partial charge in [0, 0.05) is 18.8 Å². The summed E-state index contributed by atoms with van der Waals surface area (Å²) in [5.74, 6) is 0. The lowest BCUT2D eigenvalue weighted by Crippen LogP contribution is -2.36. The Kier molecular flexibility index (Phi) is 2.45. The van der Waals surface area contributed by atoms with Gasteiger partial charge in [-0.15, -0.1) is 0 Å². The molecule has 1 aromatic carbocycles. The fourth-order valence-electron chi connectivity index (χ4n) is 1.58. The summed E-state index contributed by atoms with van der Waals surface area (Å²) < 4.78 is 5.28. The molecule has 0 aliphatic carbocycles. The van der Waals surface area contributed by atoms with Gasteiger partial charge in [-0.05, 0) is 18.2 Å². The number of ether oxygens (including phenoxy) is 1. The Labute approximate surface area is 83.4 Å². The molecule has 4 heteroatoms. The van der Waals surface area contributed by atoms with Gasteiger partial charge in [-0.1, -0.05) is 0 Å². The fraction of sp³-hybridized carbons (Fsp3) is 0.400. The number of morpholine rings is 1. The maximum atomic E-state index is 5.74. The summed E-state index contributed by atoms with van der Waals surface area (Å²) in [7, 11) is 0. The topological polar surface area (TPSA) is 64.5 Å². The van der Waals surface area contributed by atoms with Crippen LogP contribution in [0.5, 0.6) is 0 Å². The molecule has 0 saturated carbocycles. The van der Waals surface area contributed by atoms with E-state index in [-0.39, 0.29) is 0 Å². The van der Waals surface area contributed by atoms with Crippen molar-refractivity contribution in [2.45, 2.75) is 0 Å². The summed E-state index contributed by atoms with van der Waals surface area (Å²) in [6, 6.07) is 5.76. The number of hydrogen-bond donors (Lipinski definition) is 2. The van der Waals surface area contributed by atoms with Crippen molar-refractivity contribution in [3.05, 3.63) is 18.2 Å². The van der Waals surface area contributed by atoms with Gasteiger partial charge >= 0.3 is 0 Å². The van der Waals surface area contributed by atoms with E-state index in [1.807, 2.05) is 18.2 Å². The highest BCUT2D eigenvalue weighted by atomic mass is 16.5. The standard InChI is InChI=1S/C10H15N3O/c11-9-2-1-8(7-10(9)12)13-3-5-14-6-4-13/h1-2,7H,3-6,11-12H2. The smallest absolute Gasteiger partial charge is 0.0642 e. The zero-order valence-corrected chi connectivity index (χ0v) is 8.07. The number of nitrogens with zero attached hydrogens (tertiary/aromatic N) is 1. The molecule has 0 unspecified atom stereocenters. The Morgan fingerprint density at radius 2 is 1.79 bits per heavy atom. The van der Waals surface area contributed by atoms with Crippen LogP contribution in [0.3, 0.4) is 0 Å². The molecule has 1 aromatic rings. The Morgan fingerprint density at radius 1 is 1.07 bits per heavy atom. The minimum absolute atomic E-state index is 0.641. The summed E-state index contributed by atoms with van der Waals surface area (Å²) >= 11 is 0. The molecule has 0 amide bonds. The van der Waals surface area contributed by atoms with E-state index in [0.717, 1.165) is 32.0 Å². The summed E-state index contributed by atoms with van der Waals surface area (Å²) in [6.07, 6.45) is 0. The van der Waals surface area contributed by atoms with E-state index < -0.39 is 0 Å². The van der Waals surface area contributed by atoms with E-state index >= 15 is 0 Å². The van der Waals surface area contributed by atoms with Crippen molar-refractivity contribution in [1.29, 1.82) is 0 Å². The van der Waals surface area contributed by atoms with Crippen LogP contribution in [0.4, 0.5) is 17.1 Å². The van der Waals surface area contributed by atoms with Crippen molar-refractivity contribution in [2.75, 3.05) is 42.7 Å². The number of nitrogens with two attached hydrogens (primary N) is 2. The SMILES string of the molecule is Nc1ccc(N2CCOCC2)cc1N. The first-order valence-corrected chi connectivity index (χ1v) is 4.75. The van der Waals surface area contributed by atoms with Crippen molar-refractivity contribution in [3.63, 3.8) is 0 Å². The lowest BCUT2D eigenvalue weighted by atomic mass is 10.2. The van der Waals surface area contributed by atoms with Crippen LogP contribution in [0.2, 0.25) is 0 Å². The molecular weight excluding hydrogens is 178 g/mol. The van der Waals surface area contributed by atoms with Crippen LogP contribution in [0.1, 0.15) is 0 Å². The van der Waals surface area contributed by atoms with E-state index in [0.29, 0.717) is 11.4 Å². The molecule has 76 valence electrons. The van der Waals surface area contributed by atoms with E-state index in [1.165, 1.54) is 0 Å². The lowest BCUT2D eigenvalue weighted by Gasteiger charge is -2.29. The predicted molar refractivity (Wildman–Crippen MR) is 58.3 cm³/mol. The van der Waals surface area contributed by atoms with Crippen LogP contribution < -0.4 is 16.4 Å². The molecule has 4 N–H and O–H groups in total. The summed E-state index contributed by atoms with van der Waals surface area (Å²) in [5.41, 5.74) is 13.8. The molecule has 14 heavy (non-hydrogen) atoms. The van der Waals surface area contributed by atoms with Crippen molar-refractivity contribution >= 4 is 17.1 Å². The molecule has 1 saturated heterocycles. The first-order chi connectivity index (χ1) is 6.77. The summed E-state index contributed by atoms with van der Waals surface area (Å²) in [6.45, 7) is 3.40. The van der Waals surface area contributed by atoms with Gasteiger partial charge in [0.05, 0.1) is 24.6 Å². The first kappa shape index (κ1) is 9.15. The molecule has 0 radical (unpaired) electrons. The van der Waals surface area contributed by atoms with Crippen LogP contribution in [0.25, 0.3) is 0 Å². The Balaban J connectivity index is 2.18. The highest BCUT2D eigenvalue weighted by molar-refractivity contribution is 5.69. The molecule has 0 bridgehead atoms. The number of rotatable bonds is 1. The van der Waals surface area contributed by atoms with Crippen LogP contribution in [-0.2, 0) is 4.74 Å². The molecular formula is C10H15N3O. The monoisotopic (exact) mass is 193 g/mol. The van der Waals surface area contributed by atoms with E-state index in [9.17, 15) is 0 Å². The molecule has 2 rings (SSSR count). The normalized spacial score (nSPS) is 17.0. The molecule has 1 aliphatic rings. The molecule has 0 spiro atoms. The molecule has 1 fully saturated rings. The highest BCUT2D eigenvalue weighted by Crippen LogP contribution is 2.23. The quantitative estimate of drug-likeness (QED) is 0.644. The predicted octanol–water partition coefficient (Wildman–Crippen LogP) is 0.688. The first-order valence-electron chi connectivity index (χ1n) is 4.75. The maximum absolute atomic E-state index is 5.74. The van der Waals surface area contributed by atoms with Gasteiger partial charge in [0.25, 0.3) is 0 Å². The van der Waals surface area contributed by atoms with Gasteiger partial charge < -0.3 is 21.1 Å². The average Bonchev–Trinajstić information content (AvgIpc) is 2.23. The van der Waals surface area contributed by atoms with Crippen molar-refractivity contribution < 1.29 is 4.74 Å². The number of nitrogen functional groups attached to an aromatic ring is 2. The fourth-order valence-corrected chi connectivity index (χ4v) is 1.58. The van der Waals surface area contributed by atoms with Gasteiger partial charge in [0.1, 0.15) is 0 Å². The highest BCUT2D eigenvalue weighted by Gasteiger charge is 2.11. The zero-order chi connectivity index (χ0) is 9.97. The van der Waals surface area contributed by atoms with Crippen LogP contribution in [0, 0.1) is 0 Å². The number of hydrogen-bond acceptors (Lipinski definition) is 4. The Bertz CT molecular complexity index is 321. The number of benzene rings is 1. The van der Waals surface area contributed by atoms with Crippen LogP contribution in [0.15, 0.2) is 18.2 Å². The maximum Gasteiger partial charge on any atom is 0.0642 e. The Morgan fingerprint density at radius 3 is 2.43 bits per heavy atom. The van der Waals surface area contributed by atoms with E-state index in [4.69, 9.17) is 16.2 Å². The van der Waals surface area contributed by atoms with Crippen molar-refractivity contribution in [1.82, 2.24) is 0 Å². The van der Waals surface area contributed by atoms with Crippen molar-refractivity contribution in [2.24, 2.45) is 0 Å². The minimum atomic E-state index is 0.641. The van der Waals surface area contributed by atoms with E-state index in [2.05, 4.69) is 4.90 Å². The molecule has 1 aliphatic heterocycles. The third-order valence-corrected chi connectivity index (χ3v) is 2.45. The Hall–Kier alpha value is -1.42. The van der Waals surface area contributed by atoms with Gasteiger partial charge in [-0.3, -0.25) is 0 Å². The van der Waals surface area contributed by atoms with Crippen molar-refractivity contribution in [3.8, 4) is 0 Å². The third-order valence-electron chi connectivity index (χ3n) is 2.45. The molecule has 0 atom stereocenters.